The van der Waals surface area contributed by atoms with Gasteiger partial charge in [-0.25, -0.2) is 9.97 Å². The number of rotatable bonds is 4. The molecular weight excluding hydrogens is 601 g/mol. The quantitative estimate of drug-likeness (QED) is 0.182. The van der Waals surface area contributed by atoms with Gasteiger partial charge in [0.2, 0.25) is 0 Å². The Bertz CT molecular complexity index is 2880. The molecular formula is C43H26N6. The Labute approximate surface area is 281 Å². The molecule has 0 spiro atoms. The van der Waals surface area contributed by atoms with Crippen molar-refractivity contribution in [3.05, 3.63) is 158 Å². The molecule has 6 aromatic heterocycles. The SMILES string of the molecule is c1ccc(-c2cn3ccc4c(-c5cccc(-c6ccc(-c7ccnc8c7ccc7cccnc78)cn6)c5)nc5ccccc5c4c3n2)cc1. The number of hydrogen-bond acceptors (Lipinski definition) is 5. The molecule has 0 aliphatic heterocycles. The highest BCUT2D eigenvalue weighted by atomic mass is 15.0. The Hall–Kier alpha value is -6.79. The summed E-state index contributed by atoms with van der Waals surface area (Å²) in [6.07, 6.45) is 9.80. The zero-order valence-corrected chi connectivity index (χ0v) is 26.2. The highest BCUT2D eigenvalue weighted by molar-refractivity contribution is 6.17. The number of fused-ring (bicyclic) bond motifs is 8. The van der Waals surface area contributed by atoms with Gasteiger partial charge in [0.25, 0.3) is 0 Å². The number of para-hydroxylation sites is 1. The van der Waals surface area contributed by atoms with E-state index in [1.54, 1.807) is 0 Å². The zero-order valence-electron chi connectivity index (χ0n) is 26.2. The minimum Gasteiger partial charge on any atom is -0.306 e. The first kappa shape index (κ1) is 27.3. The summed E-state index contributed by atoms with van der Waals surface area (Å²) < 4.78 is 2.12. The fourth-order valence-electron chi connectivity index (χ4n) is 7.00. The van der Waals surface area contributed by atoms with Gasteiger partial charge in [-0.3, -0.25) is 15.0 Å². The third-order valence-corrected chi connectivity index (χ3v) is 9.35. The first-order valence-electron chi connectivity index (χ1n) is 16.2. The summed E-state index contributed by atoms with van der Waals surface area (Å²) in [7, 11) is 0. The van der Waals surface area contributed by atoms with Crippen molar-refractivity contribution in [3.63, 3.8) is 0 Å². The molecule has 0 fully saturated rings. The molecule has 228 valence electrons. The standard InChI is InChI=1S/C43H26N6/c1-2-8-27(9-3-1)38-26-49-23-20-35-39(43(49)48-38)34-13-4-5-14-37(34)47-40(35)30-11-6-10-29(24-30)36-18-16-31(25-46-36)32-19-22-45-42-33(32)17-15-28-12-7-21-44-41(28)42/h1-26H. The van der Waals surface area contributed by atoms with Crippen LogP contribution < -0.4 is 0 Å². The number of imidazole rings is 1. The molecule has 10 rings (SSSR count). The zero-order chi connectivity index (χ0) is 32.3. The van der Waals surface area contributed by atoms with Crippen molar-refractivity contribution in [2.24, 2.45) is 0 Å². The third-order valence-electron chi connectivity index (χ3n) is 9.35. The maximum absolute atomic E-state index is 5.22. The normalized spacial score (nSPS) is 11.7. The number of benzene rings is 4. The summed E-state index contributed by atoms with van der Waals surface area (Å²) in [6, 6.07) is 43.8. The second kappa shape index (κ2) is 10.9. The third kappa shape index (κ3) is 4.46. The van der Waals surface area contributed by atoms with E-state index in [1.807, 2.05) is 55.0 Å². The molecule has 0 saturated carbocycles. The summed E-state index contributed by atoms with van der Waals surface area (Å²) in [5.74, 6) is 0. The maximum atomic E-state index is 5.22. The molecule has 0 unspecified atom stereocenters. The predicted octanol–water partition coefficient (Wildman–Crippen LogP) is 10.2. The van der Waals surface area contributed by atoms with Crippen LogP contribution in [-0.2, 0) is 0 Å². The fourth-order valence-corrected chi connectivity index (χ4v) is 7.00. The summed E-state index contributed by atoms with van der Waals surface area (Å²) in [6.45, 7) is 0. The van der Waals surface area contributed by atoms with E-state index in [0.29, 0.717) is 0 Å². The minimum absolute atomic E-state index is 0.893. The highest BCUT2D eigenvalue weighted by Gasteiger charge is 2.17. The lowest BCUT2D eigenvalue weighted by Crippen LogP contribution is -1.94. The molecule has 4 aromatic carbocycles. The van der Waals surface area contributed by atoms with E-state index in [9.17, 15) is 0 Å². The van der Waals surface area contributed by atoms with Crippen LogP contribution in [0.25, 0.3) is 94.0 Å². The molecule has 0 amide bonds. The molecule has 0 aliphatic carbocycles. The number of hydrogen-bond donors (Lipinski definition) is 0. The molecule has 0 N–H and O–H groups in total. The van der Waals surface area contributed by atoms with Crippen molar-refractivity contribution < 1.29 is 0 Å². The van der Waals surface area contributed by atoms with Crippen LogP contribution >= 0.6 is 0 Å². The van der Waals surface area contributed by atoms with Crippen LogP contribution in [0.5, 0.6) is 0 Å². The van der Waals surface area contributed by atoms with Crippen LogP contribution in [0, 0.1) is 0 Å². The Kier molecular flexibility index (Phi) is 6.08. The van der Waals surface area contributed by atoms with Crippen LogP contribution in [0.4, 0.5) is 0 Å². The number of aromatic nitrogens is 6. The van der Waals surface area contributed by atoms with Gasteiger partial charge in [-0.2, -0.15) is 0 Å². The van der Waals surface area contributed by atoms with E-state index in [0.717, 1.165) is 94.0 Å². The number of nitrogens with zero attached hydrogens (tertiary/aromatic N) is 6. The van der Waals surface area contributed by atoms with Crippen molar-refractivity contribution in [1.82, 2.24) is 29.3 Å². The molecule has 0 aliphatic rings. The van der Waals surface area contributed by atoms with Gasteiger partial charge in [-0.1, -0.05) is 91.0 Å². The second-order valence-electron chi connectivity index (χ2n) is 12.2. The average Bonchev–Trinajstić information content (AvgIpc) is 3.63. The van der Waals surface area contributed by atoms with Gasteiger partial charge in [0.15, 0.2) is 0 Å². The van der Waals surface area contributed by atoms with Crippen LogP contribution in [-0.4, -0.2) is 29.3 Å². The Morgan fingerprint density at radius 1 is 0.490 bits per heavy atom. The maximum Gasteiger partial charge on any atom is 0.146 e. The van der Waals surface area contributed by atoms with Crippen molar-refractivity contribution in [1.29, 1.82) is 0 Å². The van der Waals surface area contributed by atoms with Gasteiger partial charge in [-0.05, 0) is 42.0 Å². The molecule has 0 saturated heterocycles. The van der Waals surface area contributed by atoms with E-state index in [2.05, 4.69) is 118 Å². The largest absolute Gasteiger partial charge is 0.306 e. The smallest absolute Gasteiger partial charge is 0.146 e. The molecule has 6 heterocycles. The molecule has 6 heteroatoms. The van der Waals surface area contributed by atoms with Gasteiger partial charge in [0.1, 0.15) is 5.65 Å². The molecule has 49 heavy (non-hydrogen) atoms. The lowest BCUT2D eigenvalue weighted by atomic mass is 9.98. The van der Waals surface area contributed by atoms with Crippen LogP contribution in [0.2, 0.25) is 0 Å². The van der Waals surface area contributed by atoms with Gasteiger partial charge in [-0.15, -0.1) is 0 Å². The minimum atomic E-state index is 0.893. The van der Waals surface area contributed by atoms with Crippen LogP contribution in [0.15, 0.2) is 158 Å². The monoisotopic (exact) mass is 626 g/mol. The van der Waals surface area contributed by atoms with Crippen LogP contribution in [0.3, 0.4) is 0 Å². The van der Waals surface area contributed by atoms with Crippen LogP contribution in [0.1, 0.15) is 0 Å². The van der Waals surface area contributed by atoms with Crippen molar-refractivity contribution in [2.45, 2.75) is 0 Å². The first-order chi connectivity index (χ1) is 24.3. The van der Waals surface area contributed by atoms with E-state index < -0.39 is 0 Å². The molecule has 6 nitrogen and oxygen atoms in total. The summed E-state index contributed by atoms with van der Waals surface area (Å²) in [4.78, 5) is 24.6. The lowest BCUT2D eigenvalue weighted by Gasteiger charge is -2.12. The fraction of sp³-hybridized carbons (Fsp3) is 0. The van der Waals surface area contributed by atoms with E-state index >= 15 is 0 Å². The van der Waals surface area contributed by atoms with Crippen molar-refractivity contribution in [2.75, 3.05) is 0 Å². The van der Waals surface area contributed by atoms with Gasteiger partial charge >= 0.3 is 0 Å². The lowest BCUT2D eigenvalue weighted by molar-refractivity contribution is 1.20. The van der Waals surface area contributed by atoms with Gasteiger partial charge < -0.3 is 4.40 Å². The summed E-state index contributed by atoms with van der Waals surface area (Å²) in [5.41, 5.74) is 11.7. The van der Waals surface area contributed by atoms with E-state index in [4.69, 9.17) is 15.0 Å². The Morgan fingerprint density at radius 3 is 2.27 bits per heavy atom. The highest BCUT2D eigenvalue weighted by Crippen LogP contribution is 2.37. The first-order valence-corrected chi connectivity index (χ1v) is 16.2. The van der Waals surface area contributed by atoms with E-state index in [-0.39, 0.29) is 0 Å². The Balaban J connectivity index is 1.08. The van der Waals surface area contributed by atoms with E-state index in [1.165, 1.54) is 0 Å². The number of pyridine rings is 5. The molecule has 0 bridgehead atoms. The predicted molar refractivity (Wildman–Crippen MR) is 198 cm³/mol. The van der Waals surface area contributed by atoms with Gasteiger partial charge in [0.05, 0.1) is 33.6 Å². The van der Waals surface area contributed by atoms with Crippen molar-refractivity contribution in [3.8, 4) is 44.9 Å². The Morgan fingerprint density at radius 2 is 1.35 bits per heavy atom. The second-order valence-corrected chi connectivity index (χ2v) is 12.2. The molecule has 10 aromatic rings. The molecule has 0 radical (unpaired) electrons. The average molecular weight is 627 g/mol. The topological polar surface area (TPSA) is 68.9 Å². The summed E-state index contributed by atoms with van der Waals surface area (Å²) in [5, 5.41) is 5.36. The molecule has 0 atom stereocenters. The van der Waals surface area contributed by atoms with Crippen molar-refractivity contribution >= 4 is 49.1 Å². The van der Waals surface area contributed by atoms with Gasteiger partial charge in [0, 0.05) is 80.2 Å². The summed E-state index contributed by atoms with van der Waals surface area (Å²) >= 11 is 0.